The fraction of sp³-hybridized carbons (Fsp3) is 0.348. The first kappa shape index (κ1) is 18.4. The molecular formula is C23H26N2O3. The Morgan fingerprint density at radius 1 is 1.21 bits per heavy atom. The van der Waals surface area contributed by atoms with Crippen LogP contribution >= 0.6 is 0 Å². The lowest BCUT2D eigenvalue weighted by atomic mass is 10.1. The van der Waals surface area contributed by atoms with Crippen molar-refractivity contribution in [2.45, 2.75) is 39.3 Å². The van der Waals surface area contributed by atoms with Crippen molar-refractivity contribution < 1.29 is 14.3 Å². The topological polar surface area (TPSA) is 52.5 Å². The molecule has 5 heteroatoms. The number of rotatable bonds is 7. The summed E-state index contributed by atoms with van der Waals surface area (Å²) in [7, 11) is 0. The zero-order valence-corrected chi connectivity index (χ0v) is 16.4. The maximum Gasteiger partial charge on any atom is 0.267 e. The molecule has 1 aliphatic heterocycles. The number of ether oxygens (including phenoxy) is 2. The SMILES string of the molecule is CCOc1ccc(CCNC(=O)c2cc3cccc4c3n2C[C@H](CC)O4)cc1. The molecule has 1 aromatic heterocycles. The second-order valence-corrected chi connectivity index (χ2v) is 7.07. The molecule has 0 spiro atoms. The van der Waals surface area contributed by atoms with E-state index >= 15 is 0 Å². The van der Waals surface area contributed by atoms with Crippen molar-refractivity contribution in [2.24, 2.45) is 0 Å². The summed E-state index contributed by atoms with van der Waals surface area (Å²) >= 11 is 0. The molecule has 1 atom stereocenters. The van der Waals surface area contributed by atoms with E-state index in [1.54, 1.807) is 0 Å². The Morgan fingerprint density at radius 2 is 2.04 bits per heavy atom. The molecule has 5 nitrogen and oxygen atoms in total. The molecule has 146 valence electrons. The lowest BCUT2D eigenvalue weighted by Crippen LogP contribution is -2.32. The Balaban J connectivity index is 1.45. The maximum atomic E-state index is 12.9. The Hall–Kier alpha value is -2.95. The van der Waals surface area contributed by atoms with Crippen LogP contribution in [0.15, 0.2) is 48.5 Å². The summed E-state index contributed by atoms with van der Waals surface area (Å²) in [6.07, 6.45) is 1.79. The van der Waals surface area contributed by atoms with E-state index in [9.17, 15) is 4.79 Å². The minimum absolute atomic E-state index is 0.0372. The number of aromatic nitrogens is 1. The molecule has 0 bridgehead atoms. The minimum atomic E-state index is -0.0372. The summed E-state index contributed by atoms with van der Waals surface area (Å²) in [6, 6.07) is 16.0. The van der Waals surface area contributed by atoms with Crippen molar-refractivity contribution in [3.8, 4) is 11.5 Å². The lowest BCUT2D eigenvalue weighted by molar-refractivity contribution is 0.0938. The van der Waals surface area contributed by atoms with E-state index in [2.05, 4.69) is 16.8 Å². The Labute approximate surface area is 165 Å². The van der Waals surface area contributed by atoms with Crippen LogP contribution in [0.2, 0.25) is 0 Å². The summed E-state index contributed by atoms with van der Waals surface area (Å²) in [4.78, 5) is 12.9. The van der Waals surface area contributed by atoms with Gasteiger partial charge in [0.2, 0.25) is 0 Å². The van der Waals surface area contributed by atoms with Gasteiger partial charge in [-0.2, -0.15) is 0 Å². The van der Waals surface area contributed by atoms with Crippen molar-refractivity contribution >= 4 is 16.8 Å². The first-order valence-electron chi connectivity index (χ1n) is 9.98. The second-order valence-electron chi connectivity index (χ2n) is 7.07. The number of hydrogen-bond donors (Lipinski definition) is 1. The van der Waals surface area contributed by atoms with Crippen LogP contribution in [-0.4, -0.2) is 29.7 Å². The predicted octanol–water partition coefficient (Wildman–Crippen LogP) is 4.18. The molecular weight excluding hydrogens is 352 g/mol. The van der Waals surface area contributed by atoms with Crippen LogP contribution in [0.25, 0.3) is 10.9 Å². The molecule has 1 N–H and O–H groups in total. The average molecular weight is 378 g/mol. The molecule has 1 amide bonds. The van der Waals surface area contributed by atoms with Crippen molar-refractivity contribution in [1.82, 2.24) is 9.88 Å². The van der Waals surface area contributed by atoms with Crippen molar-refractivity contribution in [3.05, 3.63) is 59.8 Å². The van der Waals surface area contributed by atoms with E-state index in [1.807, 2.05) is 55.5 Å². The Morgan fingerprint density at radius 3 is 2.79 bits per heavy atom. The fourth-order valence-electron chi connectivity index (χ4n) is 3.73. The van der Waals surface area contributed by atoms with Gasteiger partial charge < -0.3 is 19.4 Å². The highest BCUT2D eigenvalue weighted by Gasteiger charge is 2.25. The number of nitrogens with one attached hydrogen (secondary N) is 1. The van der Waals surface area contributed by atoms with Crippen molar-refractivity contribution in [1.29, 1.82) is 0 Å². The van der Waals surface area contributed by atoms with Crippen molar-refractivity contribution in [2.75, 3.05) is 13.2 Å². The summed E-state index contributed by atoms with van der Waals surface area (Å²) in [5, 5.41) is 4.11. The van der Waals surface area contributed by atoms with Gasteiger partial charge in [-0.3, -0.25) is 4.79 Å². The predicted molar refractivity (Wildman–Crippen MR) is 110 cm³/mol. The fourth-order valence-corrected chi connectivity index (χ4v) is 3.73. The molecule has 0 fully saturated rings. The Kier molecular flexibility index (Phi) is 5.24. The first-order valence-corrected chi connectivity index (χ1v) is 9.98. The summed E-state index contributed by atoms with van der Waals surface area (Å²) < 4.78 is 13.6. The normalized spacial score (nSPS) is 15.3. The molecule has 0 radical (unpaired) electrons. The van der Waals surface area contributed by atoms with Gasteiger partial charge in [0.25, 0.3) is 5.91 Å². The molecule has 0 saturated heterocycles. The second kappa shape index (κ2) is 7.97. The molecule has 0 aliphatic carbocycles. The third-order valence-corrected chi connectivity index (χ3v) is 5.18. The molecule has 0 unspecified atom stereocenters. The van der Waals surface area contributed by atoms with Gasteiger partial charge in [0.15, 0.2) is 0 Å². The molecule has 3 aromatic rings. The number of amides is 1. The summed E-state index contributed by atoms with van der Waals surface area (Å²) in [5.41, 5.74) is 2.90. The molecule has 28 heavy (non-hydrogen) atoms. The Bertz CT molecular complexity index is 975. The highest BCUT2D eigenvalue weighted by molar-refractivity contribution is 6.00. The van der Waals surface area contributed by atoms with Gasteiger partial charge in [0.1, 0.15) is 23.3 Å². The van der Waals surface area contributed by atoms with Gasteiger partial charge in [0.05, 0.1) is 18.7 Å². The number of benzene rings is 2. The summed E-state index contributed by atoms with van der Waals surface area (Å²) in [6.45, 7) is 6.04. The van der Waals surface area contributed by atoms with E-state index in [-0.39, 0.29) is 12.0 Å². The number of hydrogen-bond acceptors (Lipinski definition) is 3. The maximum absolute atomic E-state index is 12.9. The highest BCUT2D eigenvalue weighted by atomic mass is 16.5. The molecule has 2 aromatic carbocycles. The van der Waals surface area contributed by atoms with Gasteiger partial charge in [-0.05, 0) is 49.6 Å². The molecule has 4 rings (SSSR count). The lowest BCUT2D eigenvalue weighted by Gasteiger charge is -2.26. The van der Waals surface area contributed by atoms with E-state index in [0.29, 0.717) is 25.4 Å². The van der Waals surface area contributed by atoms with Gasteiger partial charge in [-0.25, -0.2) is 0 Å². The van der Waals surface area contributed by atoms with Crippen LogP contribution in [0.3, 0.4) is 0 Å². The average Bonchev–Trinajstić information content (AvgIpc) is 3.09. The van der Waals surface area contributed by atoms with Crippen molar-refractivity contribution in [3.63, 3.8) is 0 Å². The van der Waals surface area contributed by atoms with Gasteiger partial charge in [0, 0.05) is 11.9 Å². The number of para-hydroxylation sites is 1. The molecule has 2 heterocycles. The van der Waals surface area contributed by atoms with Crippen LogP contribution in [0.1, 0.15) is 36.3 Å². The largest absolute Gasteiger partial charge is 0.494 e. The summed E-state index contributed by atoms with van der Waals surface area (Å²) in [5.74, 6) is 1.70. The van der Waals surface area contributed by atoms with E-state index in [4.69, 9.17) is 9.47 Å². The van der Waals surface area contributed by atoms with Gasteiger partial charge in [-0.1, -0.05) is 31.2 Å². The quantitative estimate of drug-likeness (QED) is 0.671. The number of nitrogens with zero attached hydrogens (tertiary/aromatic N) is 1. The molecule has 1 aliphatic rings. The van der Waals surface area contributed by atoms with Crippen LogP contribution < -0.4 is 14.8 Å². The third kappa shape index (κ3) is 3.57. The monoisotopic (exact) mass is 378 g/mol. The standard InChI is InChI=1S/C23H26N2O3/c1-3-18-15-25-20(14-17-6-5-7-21(28-18)22(17)25)23(26)24-13-12-16-8-10-19(11-9-16)27-4-2/h5-11,14,18H,3-4,12-13,15H2,1-2H3,(H,24,26)/t18-/m0/s1. The van der Waals surface area contributed by atoms with Gasteiger partial charge in [-0.15, -0.1) is 0 Å². The highest BCUT2D eigenvalue weighted by Crippen LogP contribution is 2.34. The van der Waals surface area contributed by atoms with Crippen LogP contribution in [0.5, 0.6) is 11.5 Å². The van der Waals surface area contributed by atoms with E-state index in [1.165, 1.54) is 5.56 Å². The van der Waals surface area contributed by atoms with Crippen LogP contribution in [0.4, 0.5) is 0 Å². The zero-order chi connectivity index (χ0) is 19.5. The zero-order valence-electron chi connectivity index (χ0n) is 16.4. The minimum Gasteiger partial charge on any atom is -0.494 e. The molecule has 0 saturated carbocycles. The van der Waals surface area contributed by atoms with E-state index < -0.39 is 0 Å². The van der Waals surface area contributed by atoms with Crippen LogP contribution in [0, 0.1) is 0 Å². The van der Waals surface area contributed by atoms with Crippen LogP contribution in [-0.2, 0) is 13.0 Å². The van der Waals surface area contributed by atoms with E-state index in [0.717, 1.165) is 35.2 Å². The smallest absolute Gasteiger partial charge is 0.267 e. The number of carbonyl (C=O) groups is 1. The van der Waals surface area contributed by atoms with Gasteiger partial charge >= 0.3 is 0 Å². The first-order chi connectivity index (χ1) is 13.7. The number of carbonyl (C=O) groups excluding carboxylic acids is 1. The third-order valence-electron chi connectivity index (χ3n) is 5.18.